The van der Waals surface area contributed by atoms with E-state index < -0.39 is 11.9 Å². The smallest absolute Gasteiger partial charge is 0.312 e. The lowest BCUT2D eigenvalue weighted by atomic mass is 9.97. The van der Waals surface area contributed by atoms with E-state index in [1.54, 1.807) is 26.4 Å². The van der Waals surface area contributed by atoms with Gasteiger partial charge < -0.3 is 14.6 Å². The van der Waals surface area contributed by atoms with Crippen LogP contribution in [0.15, 0.2) is 35.7 Å². The predicted molar refractivity (Wildman–Crippen MR) is 77.9 cm³/mol. The van der Waals surface area contributed by atoms with Gasteiger partial charge in [-0.3, -0.25) is 4.79 Å². The summed E-state index contributed by atoms with van der Waals surface area (Å²) in [7, 11) is 3.16. The topological polar surface area (TPSA) is 55.8 Å². The number of carboxylic acids is 1. The predicted octanol–water partition coefficient (Wildman–Crippen LogP) is 3.18. The van der Waals surface area contributed by atoms with Gasteiger partial charge >= 0.3 is 5.97 Å². The van der Waals surface area contributed by atoms with Gasteiger partial charge in [-0.05, 0) is 41.6 Å². The van der Waals surface area contributed by atoms with Crippen LogP contribution >= 0.6 is 11.3 Å². The number of rotatable bonds is 6. The molecule has 0 spiro atoms. The van der Waals surface area contributed by atoms with Crippen LogP contribution in [0, 0.1) is 0 Å². The van der Waals surface area contributed by atoms with Gasteiger partial charge in [0.25, 0.3) is 0 Å². The summed E-state index contributed by atoms with van der Waals surface area (Å²) in [6, 6.07) is 9.11. The van der Waals surface area contributed by atoms with Crippen LogP contribution in [0.2, 0.25) is 0 Å². The molecule has 0 aliphatic heterocycles. The highest BCUT2D eigenvalue weighted by molar-refractivity contribution is 7.10. The van der Waals surface area contributed by atoms with E-state index in [0.717, 1.165) is 10.4 Å². The number of carbonyl (C=O) groups is 1. The molecule has 1 aromatic heterocycles. The zero-order valence-corrected chi connectivity index (χ0v) is 12.1. The van der Waals surface area contributed by atoms with E-state index in [1.807, 2.05) is 23.6 Å². The average Bonchev–Trinajstić information content (AvgIpc) is 2.97. The van der Waals surface area contributed by atoms with Crippen molar-refractivity contribution in [1.82, 2.24) is 0 Å². The number of hydrogen-bond acceptors (Lipinski definition) is 4. The number of hydrogen-bond donors (Lipinski definition) is 1. The van der Waals surface area contributed by atoms with Crippen LogP contribution in [0.25, 0.3) is 0 Å². The first-order chi connectivity index (χ1) is 9.65. The van der Waals surface area contributed by atoms with E-state index in [4.69, 9.17) is 9.47 Å². The molecular weight excluding hydrogens is 276 g/mol. The second-order valence-electron chi connectivity index (χ2n) is 4.29. The van der Waals surface area contributed by atoms with Gasteiger partial charge in [-0.2, -0.15) is 0 Å². The fourth-order valence-electron chi connectivity index (χ4n) is 2.06. The third kappa shape index (κ3) is 3.11. The summed E-state index contributed by atoms with van der Waals surface area (Å²) in [4.78, 5) is 12.3. The molecule has 0 saturated heterocycles. The molecular formula is C15H16O4S. The summed E-state index contributed by atoms with van der Waals surface area (Å²) in [5.41, 5.74) is 0.827. The Morgan fingerprint density at radius 3 is 2.65 bits per heavy atom. The Balaban J connectivity index is 2.33. The molecule has 0 radical (unpaired) electrons. The Hall–Kier alpha value is -2.01. The van der Waals surface area contributed by atoms with Crippen LogP contribution in [0.3, 0.4) is 0 Å². The molecule has 0 aliphatic carbocycles. The van der Waals surface area contributed by atoms with E-state index >= 15 is 0 Å². The number of ether oxygens (including phenoxy) is 2. The largest absolute Gasteiger partial charge is 0.497 e. The van der Waals surface area contributed by atoms with Crippen molar-refractivity contribution < 1.29 is 19.4 Å². The first-order valence-electron chi connectivity index (χ1n) is 6.12. The number of methoxy groups -OCH3 is 2. The maximum atomic E-state index is 11.5. The van der Waals surface area contributed by atoms with E-state index in [9.17, 15) is 9.90 Å². The first kappa shape index (κ1) is 14.4. The molecule has 5 heteroatoms. The molecule has 0 saturated carbocycles. The highest BCUT2D eigenvalue weighted by Gasteiger charge is 2.23. The lowest BCUT2D eigenvalue weighted by molar-refractivity contribution is -0.138. The Bertz CT molecular complexity index is 578. The molecule has 1 heterocycles. The Morgan fingerprint density at radius 2 is 2.10 bits per heavy atom. The van der Waals surface area contributed by atoms with Crippen molar-refractivity contribution in [3.63, 3.8) is 0 Å². The minimum Gasteiger partial charge on any atom is -0.497 e. The second-order valence-corrected chi connectivity index (χ2v) is 5.27. The fourth-order valence-corrected chi connectivity index (χ4v) is 2.88. The maximum absolute atomic E-state index is 11.5. The van der Waals surface area contributed by atoms with Crippen molar-refractivity contribution in [2.75, 3.05) is 14.2 Å². The van der Waals surface area contributed by atoms with E-state index in [0.29, 0.717) is 17.9 Å². The quantitative estimate of drug-likeness (QED) is 0.888. The molecule has 1 aromatic carbocycles. The van der Waals surface area contributed by atoms with Crippen LogP contribution < -0.4 is 9.47 Å². The van der Waals surface area contributed by atoms with E-state index in [1.165, 1.54) is 11.3 Å². The molecule has 0 aliphatic rings. The Morgan fingerprint density at radius 1 is 1.30 bits per heavy atom. The third-order valence-corrected chi connectivity index (χ3v) is 4.08. The Kier molecular flexibility index (Phi) is 4.63. The van der Waals surface area contributed by atoms with E-state index in [-0.39, 0.29) is 0 Å². The summed E-state index contributed by atoms with van der Waals surface area (Å²) in [6.07, 6.45) is 0.371. The number of thiophene rings is 1. The number of benzene rings is 1. The van der Waals surface area contributed by atoms with Gasteiger partial charge in [0.2, 0.25) is 0 Å². The van der Waals surface area contributed by atoms with Gasteiger partial charge in [0.05, 0.1) is 20.1 Å². The van der Waals surface area contributed by atoms with Crippen molar-refractivity contribution in [3.8, 4) is 11.5 Å². The summed E-state index contributed by atoms with van der Waals surface area (Å²) in [6.45, 7) is 0. The minimum atomic E-state index is -0.836. The normalized spacial score (nSPS) is 11.9. The standard InChI is InChI=1S/C15H16O4S/c1-18-11-5-6-13(19-2)10(8-11)9-12(15(16)17)14-4-3-7-20-14/h3-8,12H,9H2,1-2H3,(H,16,17). The van der Waals surface area contributed by atoms with Gasteiger partial charge in [0, 0.05) is 4.88 Å². The summed E-state index contributed by atoms with van der Waals surface area (Å²) in [5, 5.41) is 11.3. The maximum Gasteiger partial charge on any atom is 0.312 e. The second kappa shape index (κ2) is 6.43. The van der Waals surface area contributed by atoms with Crippen molar-refractivity contribution in [2.45, 2.75) is 12.3 Å². The molecule has 2 aromatic rings. The zero-order valence-electron chi connectivity index (χ0n) is 11.3. The number of carboxylic acid groups (broad SMARTS) is 1. The molecule has 1 N–H and O–H groups in total. The van der Waals surface area contributed by atoms with Gasteiger partial charge in [0.15, 0.2) is 0 Å². The van der Waals surface area contributed by atoms with Crippen LogP contribution in [-0.4, -0.2) is 25.3 Å². The van der Waals surface area contributed by atoms with Crippen molar-refractivity contribution in [2.24, 2.45) is 0 Å². The van der Waals surface area contributed by atoms with Crippen molar-refractivity contribution in [3.05, 3.63) is 46.2 Å². The molecule has 20 heavy (non-hydrogen) atoms. The van der Waals surface area contributed by atoms with Gasteiger partial charge in [-0.25, -0.2) is 0 Å². The van der Waals surface area contributed by atoms with Crippen LogP contribution in [-0.2, 0) is 11.2 Å². The van der Waals surface area contributed by atoms with Crippen LogP contribution in [0.4, 0.5) is 0 Å². The van der Waals surface area contributed by atoms with Gasteiger partial charge in [-0.1, -0.05) is 6.07 Å². The zero-order chi connectivity index (χ0) is 14.5. The highest BCUT2D eigenvalue weighted by atomic mass is 32.1. The van der Waals surface area contributed by atoms with Gasteiger partial charge in [-0.15, -0.1) is 11.3 Å². The molecule has 0 amide bonds. The summed E-state index contributed by atoms with van der Waals surface area (Å²) < 4.78 is 10.5. The fraction of sp³-hybridized carbons (Fsp3) is 0.267. The average molecular weight is 292 g/mol. The minimum absolute atomic E-state index is 0.371. The van der Waals surface area contributed by atoms with E-state index in [2.05, 4.69) is 0 Å². The first-order valence-corrected chi connectivity index (χ1v) is 7.00. The molecule has 2 rings (SSSR count). The molecule has 0 bridgehead atoms. The third-order valence-electron chi connectivity index (χ3n) is 3.10. The Labute approximate surface area is 121 Å². The monoisotopic (exact) mass is 292 g/mol. The molecule has 4 nitrogen and oxygen atoms in total. The molecule has 106 valence electrons. The van der Waals surface area contributed by atoms with Crippen LogP contribution in [0.1, 0.15) is 16.4 Å². The van der Waals surface area contributed by atoms with Crippen LogP contribution in [0.5, 0.6) is 11.5 Å². The molecule has 0 fully saturated rings. The lowest BCUT2D eigenvalue weighted by Crippen LogP contribution is -2.13. The molecule has 1 atom stereocenters. The number of aliphatic carboxylic acids is 1. The van der Waals surface area contributed by atoms with Crippen molar-refractivity contribution >= 4 is 17.3 Å². The summed E-state index contributed by atoms with van der Waals surface area (Å²) >= 11 is 1.45. The van der Waals surface area contributed by atoms with Gasteiger partial charge in [0.1, 0.15) is 11.5 Å². The molecule has 1 unspecified atom stereocenters. The summed E-state index contributed by atoms with van der Waals surface area (Å²) in [5.74, 6) is -0.0435. The SMILES string of the molecule is COc1ccc(OC)c(CC(C(=O)O)c2cccs2)c1. The highest BCUT2D eigenvalue weighted by Crippen LogP contribution is 2.31. The lowest BCUT2D eigenvalue weighted by Gasteiger charge is -2.14. The van der Waals surface area contributed by atoms with Crippen molar-refractivity contribution in [1.29, 1.82) is 0 Å².